The predicted molar refractivity (Wildman–Crippen MR) is 146 cm³/mol. The van der Waals surface area contributed by atoms with E-state index in [1.54, 1.807) is 12.3 Å². The number of carbonyl (C=O) groups is 1. The Morgan fingerprint density at radius 1 is 1.00 bits per heavy atom. The maximum atomic E-state index is 12.2. The van der Waals surface area contributed by atoms with Gasteiger partial charge in [0.05, 0.1) is 24.4 Å². The van der Waals surface area contributed by atoms with Crippen LogP contribution in [0.5, 0.6) is 0 Å². The zero-order chi connectivity index (χ0) is 25.2. The number of esters is 1. The number of ether oxygens (including phenoxy) is 1. The van der Waals surface area contributed by atoms with Crippen molar-refractivity contribution in [1.82, 2.24) is 14.9 Å². The van der Waals surface area contributed by atoms with E-state index in [9.17, 15) is 4.79 Å². The molecule has 2 aromatic heterocycles. The highest BCUT2D eigenvalue weighted by atomic mass is 32.1. The van der Waals surface area contributed by atoms with E-state index in [1.165, 1.54) is 7.11 Å². The average Bonchev–Trinajstić information content (AvgIpc) is 3.53. The number of carbonyl (C=O) groups excluding carboxylic acids is 1. The van der Waals surface area contributed by atoms with E-state index in [0.29, 0.717) is 10.7 Å². The summed E-state index contributed by atoms with van der Waals surface area (Å²) in [6.07, 6.45) is 3.79. The molecule has 3 heterocycles. The molecule has 1 aliphatic rings. The average molecular weight is 498 g/mol. The molecule has 2 aromatic carbocycles. The molecule has 1 saturated heterocycles. The van der Waals surface area contributed by atoms with Crippen LogP contribution in [-0.2, 0) is 4.74 Å². The lowest BCUT2D eigenvalue weighted by Gasteiger charge is -2.29. The number of aromatic nitrogens is 2. The SMILES string of the molecule is COC(=O)c1cccc(-n2cccc2C2C(c3ccccn3)NC(=S)N2c2ccc(N(C)C)cc2)c1. The van der Waals surface area contributed by atoms with Gasteiger partial charge in [-0.1, -0.05) is 12.1 Å². The van der Waals surface area contributed by atoms with E-state index >= 15 is 0 Å². The Hall–Kier alpha value is -4.17. The maximum Gasteiger partial charge on any atom is 0.337 e. The molecular formula is C28H27N5O2S. The summed E-state index contributed by atoms with van der Waals surface area (Å²) in [4.78, 5) is 21.0. The molecule has 0 bridgehead atoms. The van der Waals surface area contributed by atoms with Crippen molar-refractivity contribution in [2.24, 2.45) is 0 Å². The molecule has 0 spiro atoms. The standard InChI is InChI=1S/C28H27N5O2S/c1-31(2)20-12-14-21(15-13-20)33-26(25(30-28(33)36)23-10-4-5-16-29-23)24-11-7-17-32(24)22-9-6-8-19(18-22)27(34)35-3/h4-18,25-26H,1-3H3,(H,30,36). The van der Waals surface area contributed by atoms with Gasteiger partial charge in [-0.05, 0) is 78.9 Å². The van der Waals surface area contributed by atoms with Crippen LogP contribution in [-0.4, -0.2) is 41.8 Å². The van der Waals surface area contributed by atoms with Gasteiger partial charge >= 0.3 is 5.97 Å². The van der Waals surface area contributed by atoms with Gasteiger partial charge in [-0.25, -0.2) is 4.79 Å². The topological polar surface area (TPSA) is 62.6 Å². The van der Waals surface area contributed by atoms with Crippen molar-refractivity contribution in [2.45, 2.75) is 12.1 Å². The molecule has 182 valence electrons. The van der Waals surface area contributed by atoms with Crippen LogP contribution in [0.15, 0.2) is 91.3 Å². The second-order valence-electron chi connectivity index (χ2n) is 8.75. The van der Waals surface area contributed by atoms with Crippen molar-refractivity contribution in [3.8, 4) is 5.69 Å². The number of anilines is 2. The number of rotatable bonds is 6. The third kappa shape index (κ3) is 4.31. The van der Waals surface area contributed by atoms with Crippen LogP contribution in [0.2, 0.25) is 0 Å². The van der Waals surface area contributed by atoms with Gasteiger partial charge in [-0.2, -0.15) is 0 Å². The van der Waals surface area contributed by atoms with E-state index in [1.807, 2.05) is 62.8 Å². The van der Waals surface area contributed by atoms with Crippen LogP contribution in [0.25, 0.3) is 5.69 Å². The molecule has 1 aliphatic heterocycles. The minimum atomic E-state index is -0.372. The van der Waals surface area contributed by atoms with Crippen molar-refractivity contribution in [1.29, 1.82) is 0 Å². The van der Waals surface area contributed by atoms with Crippen molar-refractivity contribution in [2.75, 3.05) is 31.0 Å². The Morgan fingerprint density at radius 3 is 2.50 bits per heavy atom. The normalized spacial score (nSPS) is 17.1. The molecule has 0 saturated carbocycles. The van der Waals surface area contributed by atoms with Crippen LogP contribution in [0.3, 0.4) is 0 Å². The Labute approximate surface area is 215 Å². The van der Waals surface area contributed by atoms with Gasteiger partial charge in [-0.15, -0.1) is 0 Å². The first kappa shape index (κ1) is 23.6. The maximum absolute atomic E-state index is 12.2. The Morgan fingerprint density at radius 2 is 1.81 bits per heavy atom. The first-order chi connectivity index (χ1) is 17.5. The first-order valence-electron chi connectivity index (χ1n) is 11.6. The lowest BCUT2D eigenvalue weighted by Crippen LogP contribution is -2.30. The van der Waals surface area contributed by atoms with Crippen molar-refractivity contribution >= 4 is 34.7 Å². The molecule has 36 heavy (non-hydrogen) atoms. The summed E-state index contributed by atoms with van der Waals surface area (Å²) in [5.74, 6) is -0.372. The molecule has 0 radical (unpaired) electrons. The van der Waals surface area contributed by atoms with Crippen LogP contribution in [0, 0.1) is 0 Å². The molecule has 7 nitrogen and oxygen atoms in total. The second kappa shape index (κ2) is 9.83. The largest absolute Gasteiger partial charge is 0.465 e. The van der Waals surface area contributed by atoms with E-state index in [0.717, 1.165) is 28.5 Å². The summed E-state index contributed by atoms with van der Waals surface area (Å²) in [6, 6.07) is 25.4. The van der Waals surface area contributed by atoms with Gasteiger partial charge < -0.3 is 24.4 Å². The minimum absolute atomic E-state index is 0.176. The zero-order valence-electron chi connectivity index (χ0n) is 20.3. The molecular weight excluding hydrogens is 470 g/mol. The predicted octanol–water partition coefficient (Wildman–Crippen LogP) is 4.90. The van der Waals surface area contributed by atoms with Crippen LogP contribution < -0.4 is 15.1 Å². The second-order valence-corrected chi connectivity index (χ2v) is 9.14. The molecule has 5 rings (SSSR count). The van der Waals surface area contributed by atoms with Gasteiger partial charge in [0.25, 0.3) is 0 Å². The zero-order valence-corrected chi connectivity index (χ0v) is 21.1. The fraction of sp³-hybridized carbons (Fsp3) is 0.179. The molecule has 0 amide bonds. The lowest BCUT2D eigenvalue weighted by molar-refractivity contribution is 0.0600. The quantitative estimate of drug-likeness (QED) is 0.300. The van der Waals surface area contributed by atoms with E-state index in [4.69, 9.17) is 17.0 Å². The monoisotopic (exact) mass is 497 g/mol. The minimum Gasteiger partial charge on any atom is -0.465 e. The number of pyridine rings is 1. The number of benzene rings is 2. The Bertz CT molecular complexity index is 1380. The third-order valence-corrected chi connectivity index (χ3v) is 6.69. The van der Waals surface area contributed by atoms with E-state index < -0.39 is 0 Å². The van der Waals surface area contributed by atoms with Gasteiger partial charge in [0.2, 0.25) is 0 Å². The fourth-order valence-electron chi connectivity index (χ4n) is 4.62. The fourth-order valence-corrected chi connectivity index (χ4v) is 4.96. The van der Waals surface area contributed by atoms with E-state index in [-0.39, 0.29) is 18.1 Å². The highest BCUT2D eigenvalue weighted by molar-refractivity contribution is 7.80. The highest BCUT2D eigenvalue weighted by Gasteiger charge is 2.42. The summed E-state index contributed by atoms with van der Waals surface area (Å²) in [7, 11) is 5.43. The first-order valence-corrected chi connectivity index (χ1v) is 12.0. The van der Waals surface area contributed by atoms with Crippen LogP contribution in [0.1, 0.15) is 33.8 Å². The molecule has 2 unspecified atom stereocenters. The van der Waals surface area contributed by atoms with Crippen molar-refractivity contribution in [3.05, 3.63) is 108 Å². The third-order valence-electron chi connectivity index (χ3n) is 6.37. The number of nitrogens with zero attached hydrogens (tertiary/aromatic N) is 4. The number of hydrogen-bond acceptors (Lipinski definition) is 5. The van der Waals surface area contributed by atoms with Crippen LogP contribution in [0.4, 0.5) is 11.4 Å². The Balaban J connectivity index is 1.63. The van der Waals surface area contributed by atoms with Crippen molar-refractivity contribution < 1.29 is 9.53 Å². The molecule has 1 fully saturated rings. The Kier molecular flexibility index (Phi) is 6.43. The number of nitrogens with one attached hydrogen (secondary N) is 1. The summed E-state index contributed by atoms with van der Waals surface area (Å²) in [6.45, 7) is 0. The highest BCUT2D eigenvalue weighted by Crippen LogP contribution is 2.42. The van der Waals surface area contributed by atoms with Crippen molar-refractivity contribution in [3.63, 3.8) is 0 Å². The molecule has 1 N–H and O–H groups in total. The molecule has 8 heteroatoms. The van der Waals surface area contributed by atoms with Gasteiger partial charge in [0, 0.05) is 49.2 Å². The lowest BCUT2D eigenvalue weighted by atomic mass is 10.0. The van der Waals surface area contributed by atoms with E-state index in [2.05, 4.69) is 55.0 Å². The summed E-state index contributed by atoms with van der Waals surface area (Å²) >= 11 is 5.87. The molecule has 4 aromatic rings. The number of thiocarbonyl (C=S) groups is 1. The molecule has 2 atom stereocenters. The smallest absolute Gasteiger partial charge is 0.337 e. The summed E-state index contributed by atoms with van der Waals surface area (Å²) in [5.41, 5.74) is 5.35. The molecule has 0 aliphatic carbocycles. The van der Waals surface area contributed by atoms with Gasteiger partial charge in [-0.3, -0.25) is 4.98 Å². The summed E-state index contributed by atoms with van der Waals surface area (Å²) < 4.78 is 7.02. The van der Waals surface area contributed by atoms with Gasteiger partial charge in [0.1, 0.15) is 6.04 Å². The summed E-state index contributed by atoms with van der Waals surface area (Å²) in [5, 5.41) is 4.14. The van der Waals surface area contributed by atoms with Crippen LogP contribution >= 0.6 is 12.2 Å². The number of hydrogen-bond donors (Lipinski definition) is 1. The number of methoxy groups -OCH3 is 1. The van der Waals surface area contributed by atoms with Gasteiger partial charge in [0.15, 0.2) is 5.11 Å².